The first-order valence-corrected chi connectivity index (χ1v) is 9.41. The minimum atomic E-state index is -3.44. The summed E-state index contributed by atoms with van der Waals surface area (Å²) in [6, 6.07) is 0.375. The molecule has 2 aliphatic heterocycles. The molecule has 1 aromatic heterocycles. The van der Waals surface area contributed by atoms with Crippen molar-refractivity contribution in [2.24, 2.45) is 0 Å². The van der Waals surface area contributed by atoms with Crippen LogP contribution in [0.2, 0.25) is 0 Å². The molecule has 118 valence electrons. The first kappa shape index (κ1) is 15.3. The third-order valence-corrected chi connectivity index (χ3v) is 6.31. The fourth-order valence-corrected chi connectivity index (χ4v) is 4.87. The van der Waals surface area contributed by atoms with Gasteiger partial charge in [-0.25, -0.2) is 8.42 Å². The topological polar surface area (TPSA) is 58.4 Å². The van der Waals surface area contributed by atoms with Crippen LogP contribution in [-0.4, -0.2) is 65.5 Å². The summed E-state index contributed by atoms with van der Waals surface area (Å²) in [5.74, 6) is 0.419. The molecule has 0 bridgehead atoms. The van der Waals surface area contributed by atoms with Crippen molar-refractivity contribution in [3.8, 4) is 0 Å². The van der Waals surface area contributed by atoms with Crippen LogP contribution in [0.3, 0.4) is 0 Å². The van der Waals surface area contributed by atoms with E-state index in [-0.39, 0.29) is 4.90 Å². The Bertz CT molecular complexity index is 589. The number of rotatable bonds is 4. The predicted molar refractivity (Wildman–Crippen MR) is 80.9 cm³/mol. The van der Waals surface area contributed by atoms with Crippen LogP contribution in [0.5, 0.6) is 0 Å². The zero-order chi connectivity index (χ0) is 14.9. The fourth-order valence-electron chi connectivity index (χ4n) is 3.23. The van der Waals surface area contributed by atoms with Gasteiger partial charge in [0.1, 0.15) is 4.90 Å². The number of hydrogen-bond donors (Lipinski definition) is 0. The fraction of sp³-hybridized carbons (Fsp3) is 0.769. The van der Waals surface area contributed by atoms with Crippen molar-refractivity contribution in [3.05, 3.63) is 12.4 Å². The largest absolute Gasteiger partial charge is 0.299 e. The lowest BCUT2D eigenvalue weighted by Gasteiger charge is -2.24. The van der Waals surface area contributed by atoms with Crippen molar-refractivity contribution in [2.45, 2.75) is 36.7 Å². The summed E-state index contributed by atoms with van der Waals surface area (Å²) in [5, 5.41) is 4.07. The van der Waals surface area contributed by atoms with Gasteiger partial charge >= 0.3 is 0 Å². The van der Waals surface area contributed by atoms with Crippen LogP contribution in [0.1, 0.15) is 19.3 Å². The molecule has 6 nitrogen and oxygen atoms in total. The van der Waals surface area contributed by atoms with Crippen LogP contribution in [0, 0.1) is 0 Å². The molecule has 8 heteroatoms. The molecule has 0 aromatic carbocycles. The summed E-state index contributed by atoms with van der Waals surface area (Å²) in [4.78, 5) is 2.70. The molecule has 1 atom stereocenters. The van der Waals surface area contributed by atoms with Crippen molar-refractivity contribution in [1.82, 2.24) is 19.0 Å². The van der Waals surface area contributed by atoms with E-state index in [0.717, 1.165) is 25.9 Å². The summed E-state index contributed by atoms with van der Waals surface area (Å²) >= 11 is 5.66. The van der Waals surface area contributed by atoms with E-state index in [2.05, 4.69) is 10.00 Å². The van der Waals surface area contributed by atoms with E-state index in [1.54, 1.807) is 15.2 Å². The van der Waals surface area contributed by atoms with Gasteiger partial charge in [0.05, 0.1) is 12.7 Å². The minimum Gasteiger partial charge on any atom is -0.299 e. The van der Waals surface area contributed by atoms with Crippen molar-refractivity contribution in [2.75, 3.05) is 32.1 Å². The van der Waals surface area contributed by atoms with Gasteiger partial charge in [-0.1, -0.05) is 0 Å². The van der Waals surface area contributed by atoms with Crippen LogP contribution >= 0.6 is 11.6 Å². The van der Waals surface area contributed by atoms with Crippen molar-refractivity contribution in [1.29, 1.82) is 0 Å². The molecule has 0 saturated carbocycles. The Morgan fingerprint density at radius 1 is 1.29 bits per heavy atom. The molecular formula is C13H21ClN4O2S. The Morgan fingerprint density at radius 3 is 2.90 bits per heavy atom. The number of nitrogens with zero attached hydrogens (tertiary/aromatic N) is 4. The number of aromatic nitrogens is 2. The molecule has 3 heterocycles. The second-order valence-corrected chi connectivity index (χ2v) is 7.99. The zero-order valence-corrected chi connectivity index (χ0v) is 13.6. The van der Waals surface area contributed by atoms with E-state index in [1.165, 1.54) is 12.6 Å². The summed E-state index contributed by atoms with van der Waals surface area (Å²) in [7, 11) is -3.44. The highest BCUT2D eigenvalue weighted by Gasteiger charge is 2.34. The van der Waals surface area contributed by atoms with Crippen molar-refractivity contribution in [3.63, 3.8) is 0 Å². The Labute approximate surface area is 130 Å². The summed E-state index contributed by atoms with van der Waals surface area (Å²) < 4.78 is 28.7. The van der Waals surface area contributed by atoms with Crippen LogP contribution in [-0.2, 0) is 16.6 Å². The van der Waals surface area contributed by atoms with Gasteiger partial charge in [-0.05, 0) is 32.4 Å². The molecule has 2 aliphatic rings. The van der Waals surface area contributed by atoms with Gasteiger partial charge in [-0.3, -0.25) is 9.58 Å². The third-order valence-electron chi connectivity index (χ3n) is 4.33. The number of hydrogen-bond acceptors (Lipinski definition) is 4. The van der Waals surface area contributed by atoms with E-state index in [4.69, 9.17) is 11.6 Å². The van der Waals surface area contributed by atoms with E-state index >= 15 is 0 Å². The van der Waals surface area contributed by atoms with E-state index in [9.17, 15) is 8.42 Å². The normalized spacial score (nSPS) is 24.9. The van der Waals surface area contributed by atoms with Crippen LogP contribution in [0.25, 0.3) is 0 Å². The quantitative estimate of drug-likeness (QED) is 0.771. The third kappa shape index (κ3) is 3.11. The molecule has 0 aliphatic carbocycles. The summed E-state index contributed by atoms with van der Waals surface area (Å²) in [6.45, 7) is 3.82. The monoisotopic (exact) mass is 332 g/mol. The van der Waals surface area contributed by atoms with Gasteiger partial charge in [0.2, 0.25) is 10.0 Å². The molecule has 0 amide bonds. The van der Waals surface area contributed by atoms with Crippen LogP contribution in [0.4, 0.5) is 0 Å². The maximum Gasteiger partial charge on any atom is 0.246 e. The lowest BCUT2D eigenvalue weighted by atomic mass is 10.2. The second kappa shape index (κ2) is 6.24. The Morgan fingerprint density at radius 2 is 2.10 bits per heavy atom. The van der Waals surface area contributed by atoms with Gasteiger partial charge in [-0.2, -0.15) is 9.40 Å². The molecule has 21 heavy (non-hydrogen) atoms. The number of sulfonamides is 1. The molecule has 0 spiro atoms. The van der Waals surface area contributed by atoms with Gasteiger partial charge < -0.3 is 0 Å². The summed E-state index contributed by atoms with van der Waals surface area (Å²) in [5.41, 5.74) is 0. The van der Waals surface area contributed by atoms with Crippen LogP contribution < -0.4 is 0 Å². The molecule has 0 N–H and O–H groups in total. The maximum atomic E-state index is 12.8. The highest BCUT2D eigenvalue weighted by molar-refractivity contribution is 7.89. The van der Waals surface area contributed by atoms with Gasteiger partial charge in [0, 0.05) is 31.2 Å². The molecule has 0 radical (unpaired) electrons. The van der Waals surface area contributed by atoms with Crippen molar-refractivity contribution >= 4 is 21.6 Å². The minimum absolute atomic E-state index is 0.277. The highest BCUT2D eigenvalue weighted by Crippen LogP contribution is 2.25. The Kier molecular flexibility index (Phi) is 4.54. The van der Waals surface area contributed by atoms with E-state index in [0.29, 0.717) is 31.6 Å². The van der Waals surface area contributed by atoms with Crippen LogP contribution in [0.15, 0.2) is 17.3 Å². The number of alkyl halides is 1. The zero-order valence-electron chi connectivity index (χ0n) is 12.0. The molecule has 2 saturated heterocycles. The average molecular weight is 333 g/mol. The Balaban J connectivity index is 1.79. The first-order valence-electron chi connectivity index (χ1n) is 7.44. The van der Waals surface area contributed by atoms with Crippen molar-refractivity contribution < 1.29 is 8.42 Å². The number of aryl methyl sites for hydroxylation is 1. The van der Waals surface area contributed by atoms with E-state index in [1.807, 2.05) is 0 Å². The number of halogens is 1. The molecule has 2 fully saturated rings. The molecular weight excluding hydrogens is 312 g/mol. The molecule has 1 aromatic rings. The lowest BCUT2D eigenvalue weighted by Crippen LogP contribution is -2.39. The molecule has 1 unspecified atom stereocenters. The lowest BCUT2D eigenvalue weighted by molar-refractivity contribution is 0.257. The number of fused-ring (bicyclic) bond motifs is 1. The van der Waals surface area contributed by atoms with Gasteiger partial charge in [0.15, 0.2) is 0 Å². The average Bonchev–Trinajstić information content (AvgIpc) is 3.05. The Hall–Kier alpha value is -0.630. The maximum absolute atomic E-state index is 12.8. The standard InChI is InChI=1S/C13H21ClN4O2S/c14-4-8-17-11-13(9-15-17)21(19,20)18-7-2-6-16-5-1-3-12(16)10-18/h9,11-12H,1-8,10H2. The smallest absolute Gasteiger partial charge is 0.246 e. The SMILES string of the molecule is O=S(=O)(c1cnn(CCCl)c1)N1CCCN2CCCC2C1. The molecule has 3 rings (SSSR count). The highest BCUT2D eigenvalue weighted by atomic mass is 35.5. The predicted octanol–water partition coefficient (Wildman–Crippen LogP) is 0.981. The summed E-state index contributed by atoms with van der Waals surface area (Å²) in [6.07, 6.45) is 6.17. The van der Waals surface area contributed by atoms with E-state index < -0.39 is 10.0 Å². The van der Waals surface area contributed by atoms with Gasteiger partial charge in [0.25, 0.3) is 0 Å². The second-order valence-electron chi connectivity index (χ2n) is 5.68. The van der Waals surface area contributed by atoms with Gasteiger partial charge in [-0.15, -0.1) is 11.6 Å². The first-order chi connectivity index (χ1) is 10.1.